The molecule has 3 atom stereocenters. The molecule has 1 aromatic rings. The number of phenolic OH excluding ortho intramolecular Hbond substituents is 1. The van der Waals surface area contributed by atoms with Crippen molar-refractivity contribution in [1.29, 1.82) is 0 Å². The summed E-state index contributed by atoms with van der Waals surface area (Å²) in [6.07, 6.45) is 3.69. The van der Waals surface area contributed by atoms with Gasteiger partial charge in [-0.1, -0.05) is 52.5 Å². The first-order valence-electron chi connectivity index (χ1n) is 13.6. The largest absolute Gasteiger partial charge is 0.508 e. The second kappa shape index (κ2) is 14.8. The van der Waals surface area contributed by atoms with Crippen molar-refractivity contribution in [3.05, 3.63) is 29.3 Å². The molecule has 37 heavy (non-hydrogen) atoms. The van der Waals surface area contributed by atoms with Crippen LogP contribution >= 0.6 is 0 Å². The molecule has 3 unspecified atom stereocenters. The van der Waals surface area contributed by atoms with Gasteiger partial charge in [0.05, 0.1) is 0 Å². The maximum absolute atomic E-state index is 14.2. The number of ether oxygens (including phenoxy) is 1. The van der Waals surface area contributed by atoms with Gasteiger partial charge in [-0.05, 0) is 77.1 Å². The minimum Gasteiger partial charge on any atom is -0.508 e. The van der Waals surface area contributed by atoms with E-state index in [0.717, 1.165) is 25.7 Å². The molecule has 1 rings (SSSR count). The Morgan fingerprint density at radius 1 is 1.03 bits per heavy atom. The Kier molecular flexibility index (Phi) is 12.9. The first-order chi connectivity index (χ1) is 17.2. The van der Waals surface area contributed by atoms with Crippen molar-refractivity contribution in [2.24, 2.45) is 5.92 Å². The number of nitrogens with one attached hydrogen (secondary N) is 2. The molecule has 0 aromatic heterocycles. The number of hydrogen-bond acceptors (Lipinski definition) is 5. The molecule has 0 aliphatic carbocycles. The number of rotatable bonds is 13. The number of amides is 3. The number of hydrogen-bond donors (Lipinski definition) is 3. The van der Waals surface area contributed by atoms with Crippen LogP contribution in [0, 0.1) is 12.8 Å². The summed E-state index contributed by atoms with van der Waals surface area (Å²) in [4.78, 5) is 42.1. The summed E-state index contributed by atoms with van der Waals surface area (Å²) < 4.78 is 5.45. The van der Waals surface area contributed by atoms with Gasteiger partial charge in [-0.2, -0.15) is 0 Å². The van der Waals surface area contributed by atoms with Gasteiger partial charge in [-0.25, -0.2) is 4.79 Å². The van der Waals surface area contributed by atoms with Crippen LogP contribution in [0.5, 0.6) is 5.75 Å². The Hall–Kier alpha value is -2.77. The lowest BCUT2D eigenvalue weighted by Gasteiger charge is -2.36. The molecule has 0 aliphatic heterocycles. The summed E-state index contributed by atoms with van der Waals surface area (Å²) in [5, 5.41) is 15.8. The van der Waals surface area contributed by atoms with Crippen molar-refractivity contribution in [3.63, 3.8) is 0 Å². The van der Waals surface area contributed by atoms with Gasteiger partial charge in [0.15, 0.2) is 0 Å². The van der Waals surface area contributed by atoms with E-state index in [2.05, 4.69) is 17.6 Å². The highest BCUT2D eigenvalue weighted by Gasteiger charge is 2.38. The van der Waals surface area contributed by atoms with E-state index in [-0.39, 0.29) is 29.5 Å². The number of aryl methyl sites for hydroxylation is 1. The molecular weight excluding hydrogens is 470 g/mol. The van der Waals surface area contributed by atoms with Gasteiger partial charge in [0.2, 0.25) is 11.8 Å². The van der Waals surface area contributed by atoms with Gasteiger partial charge in [-0.3, -0.25) is 9.59 Å². The predicted octanol–water partition coefficient (Wildman–Crippen LogP) is 5.61. The first kappa shape index (κ1) is 32.3. The van der Waals surface area contributed by atoms with E-state index >= 15 is 0 Å². The van der Waals surface area contributed by atoms with Crippen molar-refractivity contribution in [3.8, 4) is 5.75 Å². The molecule has 3 amide bonds. The molecular formula is C29H49N3O5. The second-order valence-electron chi connectivity index (χ2n) is 11.2. The third-order valence-corrected chi connectivity index (χ3v) is 6.21. The molecule has 0 aliphatic rings. The molecule has 0 fully saturated rings. The minimum absolute atomic E-state index is 0.122. The molecule has 0 bridgehead atoms. The molecule has 0 radical (unpaired) electrons. The van der Waals surface area contributed by atoms with Crippen molar-refractivity contribution < 1.29 is 24.2 Å². The van der Waals surface area contributed by atoms with Crippen LogP contribution in [0.4, 0.5) is 4.79 Å². The second-order valence-corrected chi connectivity index (χ2v) is 11.2. The maximum Gasteiger partial charge on any atom is 0.408 e. The predicted molar refractivity (Wildman–Crippen MR) is 147 cm³/mol. The van der Waals surface area contributed by atoms with Gasteiger partial charge in [0.25, 0.3) is 0 Å². The zero-order valence-corrected chi connectivity index (χ0v) is 24.3. The normalized spacial score (nSPS) is 14.0. The molecule has 210 valence electrons. The van der Waals surface area contributed by atoms with Crippen LogP contribution in [0.15, 0.2) is 18.2 Å². The van der Waals surface area contributed by atoms with Gasteiger partial charge in [0.1, 0.15) is 23.4 Å². The fourth-order valence-corrected chi connectivity index (χ4v) is 4.06. The van der Waals surface area contributed by atoms with E-state index in [1.807, 2.05) is 27.7 Å². The fraction of sp³-hybridized carbons (Fsp3) is 0.690. The van der Waals surface area contributed by atoms with Gasteiger partial charge < -0.3 is 25.4 Å². The van der Waals surface area contributed by atoms with E-state index in [9.17, 15) is 19.5 Å². The van der Waals surface area contributed by atoms with Crippen LogP contribution in [0.1, 0.15) is 105 Å². The Balaban J connectivity index is 3.55. The zero-order chi connectivity index (χ0) is 28.3. The molecule has 0 heterocycles. The number of alkyl carbamates (subject to hydrolysis) is 1. The number of phenols is 1. The average Bonchev–Trinajstić information content (AvgIpc) is 2.79. The van der Waals surface area contributed by atoms with Crippen LogP contribution in [0.2, 0.25) is 0 Å². The third-order valence-electron chi connectivity index (χ3n) is 6.21. The topological polar surface area (TPSA) is 108 Å². The van der Waals surface area contributed by atoms with Crippen molar-refractivity contribution in [2.75, 3.05) is 6.54 Å². The Morgan fingerprint density at radius 2 is 1.68 bits per heavy atom. The third kappa shape index (κ3) is 10.6. The highest BCUT2D eigenvalue weighted by atomic mass is 16.6. The molecule has 8 heteroatoms. The maximum atomic E-state index is 14.2. The fourth-order valence-electron chi connectivity index (χ4n) is 4.06. The van der Waals surface area contributed by atoms with Crippen molar-refractivity contribution in [1.82, 2.24) is 15.5 Å². The lowest BCUT2D eigenvalue weighted by molar-refractivity contribution is -0.143. The number of benzene rings is 1. The zero-order valence-electron chi connectivity index (χ0n) is 24.3. The van der Waals surface area contributed by atoms with E-state index < -0.39 is 23.8 Å². The molecule has 0 spiro atoms. The molecule has 1 aromatic carbocycles. The summed E-state index contributed by atoms with van der Waals surface area (Å²) >= 11 is 0. The molecule has 3 N–H and O–H groups in total. The van der Waals surface area contributed by atoms with Crippen LogP contribution < -0.4 is 10.6 Å². The quantitative estimate of drug-likeness (QED) is 0.293. The summed E-state index contributed by atoms with van der Waals surface area (Å²) in [6.45, 7) is 17.2. The first-order valence-corrected chi connectivity index (χ1v) is 13.6. The number of carbonyl (C=O) groups is 3. The Labute approximate surface area is 223 Å². The Bertz CT molecular complexity index is 894. The smallest absolute Gasteiger partial charge is 0.408 e. The lowest BCUT2D eigenvalue weighted by Crippen LogP contribution is -2.55. The summed E-state index contributed by atoms with van der Waals surface area (Å²) in [7, 11) is 0. The monoisotopic (exact) mass is 519 g/mol. The van der Waals surface area contributed by atoms with Gasteiger partial charge in [0, 0.05) is 12.6 Å². The summed E-state index contributed by atoms with van der Waals surface area (Å²) in [5.74, 6) is -0.694. The van der Waals surface area contributed by atoms with Crippen LogP contribution in [0.25, 0.3) is 0 Å². The standard InChI is InChI=1S/C29H49N3O5/c1-10-12-13-14-17-32(27(35)24(20(5)11-2)31-28(36)37-29(7,8)9)25(26(34)30-19(3)4)22-15-16-23(33)21(6)18-22/h15-16,18-20,24-25,33H,10-14,17H2,1-9H3,(H,30,34)(H,31,36). The average molecular weight is 520 g/mol. The summed E-state index contributed by atoms with van der Waals surface area (Å²) in [5.41, 5.74) is 0.511. The molecule has 0 saturated carbocycles. The highest BCUT2D eigenvalue weighted by molar-refractivity contribution is 5.92. The Morgan fingerprint density at radius 3 is 2.19 bits per heavy atom. The van der Waals surface area contributed by atoms with Crippen LogP contribution in [-0.2, 0) is 14.3 Å². The van der Waals surface area contributed by atoms with Gasteiger partial charge in [-0.15, -0.1) is 0 Å². The van der Waals surface area contributed by atoms with Crippen LogP contribution in [0.3, 0.4) is 0 Å². The summed E-state index contributed by atoms with van der Waals surface area (Å²) in [6, 6.07) is 3.06. The van der Waals surface area contributed by atoms with Gasteiger partial charge >= 0.3 is 6.09 Å². The number of aromatic hydroxyl groups is 1. The van der Waals surface area contributed by atoms with E-state index in [1.165, 1.54) is 0 Å². The number of unbranched alkanes of at least 4 members (excludes halogenated alkanes) is 3. The minimum atomic E-state index is -0.914. The van der Waals surface area contributed by atoms with Crippen molar-refractivity contribution >= 4 is 17.9 Å². The van der Waals surface area contributed by atoms with E-state index in [1.54, 1.807) is 50.8 Å². The van der Waals surface area contributed by atoms with E-state index in [4.69, 9.17) is 4.74 Å². The molecule has 0 saturated heterocycles. The van der Waals surface area contributed by atoms with E-state index in [0.29, 0.717) is 24.1 Å². The SMILES string of the molecule is CCCCCCN(C(=O)C(NC(=O)OC(C)(C)C)C(C)CC)C(C(=O)NC(C)C)c1ccc(O)c(C)c1. The van der Waals surface area contributed by atoms with Crippen LogP contribution in [-0.4, -0.2) is 52.1 Å². The van der Waals surface area contributed by atoms with Crippen molar-refractivity contribution in [2.45, 2.75) is 118 Å². The number of nitrogens with zero attached hydrogens (tertiary/aromatic N) is 1. The lowest BCUT2D eigenvalue weighted by atomic mass is 9.95. The highest BCUT2D eigenvalue weighted by Crippen LogP contribution is 2.29. The number of carbonyl (C=O) groups excluding carboxylic acids is 3. The molecule has 8 nitrogen and oxygen atoms in total.